The molecule has 0 heterocycles. The molecule has 9 heavy (non-hydrogen) atoms. The Morgan fingerprint density at radius 1 is 1.33 bits per heavy atom. The molecule has 0 fully saturated rings. The van der Waals surface area contributed by atoms with Crippen molar-refractivity contribution < 1.29 is 0 Å². The van der Waals surface area contributed by atoms with Crippen LogP contribution in [-0.4, -0.2) is 9.16 Å². The number of alkyl halides is 3. The lowest BCUT2D eigenvalue weighted by molar-refractivity contribution is 1.20. The van der Waals surface area contributed by atoms with Gasteiger partial charge in [0.15, 0.2) is 0 Å². The molecule has 1 rings (SSSR count). The van der Waals surface area contributed by atoms with Crippen LogP contribution in [0, 0.1) is 0 Å². The molecule has 0 spiro atoms. The number of hydrogen-bond acceptors (Lipinski definition) is 0. The van der Waals surface area contributed by atoms with Crippen LogP contribution in [-0.2, 0) is 0 Å². The number of halogens is 3. The lowest BCUT2D eigenvalue weighted by Gasteiger charge is -2.14. The third-order valence-corrected chi connectivity index (χ3v) is 2.08. The van der Waals surface area contributed by atoms with Gasteiger partial charge in [-0.3, -0.25) is 0 Å². The van der Waals surface area contributed by atoms with Crippen LogP contribution < -0.4 is 0 Å². The van der Waals surface area contributed by atoms with Crippen molar-refractivity contribution in [2.45, 2.75) is 9.16 Å². The van der Waals surface area contributed by atoms with Gasteiger partial charge in [0.25, 0.3) is 0 Å². The van der Waals surface area contributed by atoms with Gasteiger partial charge < -0.3 is 0 Å². The maximum Gasteiger partial charge on any atom is 0.135 e. The Bertz CT molecular complexity index is 144. The molecule has 0 unspecified atom stereocenters. The van der Waals surface area contributed by atoms with E-state index in [0.717, 1.165) is 0 Å². The molecule has 0 aromatic carbocycles. The Hall–Kier alpha value is 0.540. The second-order valence-electron chi connectivity index (χ2n) is 1.84. The summed E-state index contributed by atoms with van der Waals surface area (Å²) < 4.78 is -0.502. The van der Waals surface area contributed by atoms with E-state index >= 15 is 0 Å². The van der Waals surface area contributed by atoms with Gasteiger partial charge in [0.05, 0.1) is 5.38 Å². The first-order chi connectivity index (χ1) is 4.10. The molecule has 1 aliphatic carbocycles. The van der Waals surface area contributed by atoms with Crippen molar-refractivity contribution in [2.75, 3.05) is 0 Å². The van der Waals surface area contributed by atoms with Crippen LogP contribution in [0.4, 0.5) is 0 Å². The van der Waals surface area contributed by atoms with Gasteiger partial charge in [-0.05, 0) is 0 Å². The van der Waals surface area contributed by atoms with E-state index < -0.39 is 3.78 Å². The quantitative estimate of drug-likeness (QED) is 0.441. The average molecular weight is 228 g/mol. The van der Waals surface area contributed by atoms with Gasteiger partial charge in [-0.25, -0.2) is 0 Å². The molecule has 50 valence electrons. The van der Waals surface area contributed by atoms with E-state index in [9.17, 15) is 0 Å². The van der Waals surface area contributed by atoms with Crippen LogP contribution in [0.5, 0.6) is 0 Å². The fourth-order valence-corrected chi connectivity index (χ4v) is 1.16. The molecule has 0 N–H and O–H groups in total. The summed E-state index contributed by atoms with van der Waals surface area (Å²) in [4.78, 5) is 0. The summed E-state index contributed by atoms with van der Waals surface area (Å²) >= 11 is 14.8. The van der Waals surface area contributed by atoms with Crippen LogP contribution in [0.1, 0.15) is 0 Å². The van der Waals surface area contributed by atoms with E-state index in [1.54, 1.807) is 0 Å². The van der Waals surface area contributed by atoms with Gasteiger partial charge in [0.1, 0.15) is 3.78 Å². The predicted octanol–water partition coefficient (Wildman–Crippen LogP) is 3.05. The van der Waals surface area contributed by atoms with Crippen molar-refractivity contribution in [1.29, 1.82) is 0 Å². The third kappa shape index (κ3) is 2.32. The topological polar surface area (TPSA) is 0 Å². The first-order valence-corrected chi connectivity index (χ1v) is 4.11. The summed E-state index contributed by atoms with van der Waals surface area (Å²) in [5.74, 6) is 0. The number of allylic oxidation sites excluding steroid dienone is 4. The molecule has 1 aliphatic rings. The Labute approximate surface area is 72.7 Å². The van der Waals surface area contributed by atoms with Crippen molar-refractivity contribution in [3.63, 3.8) is 0 Å². The highest BCUT2D eigenvalue weighted by Gasteiger charge is 2.18. The summed E-state index contributed by atoms with van der Waals surface area (Å²) in [6, 6.07) is 0. The maximum atomic E-state index is 5.82. The average Bonchev–Trinajstić information content (AvgIpc) is 1.78. The first kappa shape index (κ1) is 7.64. The first-order valence-electron chi connectivity index (χ1n) is 2.51. The van der Waals surface area contributed by atoms with Crippen LogP contribution in [0.2, 0.25) is 0 Å². The lowest BCUT2D eigenvalue weighted by atomic mass is 10.2. The van der Waals surface area contributed by atoms with Crippen LogP contribution in [0.25, 0.3) is 0 Å². The van der Waals surface area contributed by atoms with Crippen molar-refractivity contribution in [1.82, 2.24) is 0 Å². The Kier molecular flexibility index (Phi) is 2.25. The second-order valence-corrected chi connectivity index (χ2v) is 4.74. The highest BCUT2D eigenvalue weighted by atomic mass is 79.9. The molecule has 0 amide bonds. The SMILES string of the molecule is ClC1C=CC(Cl)(Br)C=C1. The van der Waals surface area contributed by atoms with Crippen molar-refractivity contribution in [3.8, 4) is 0 Å². The summed E-state index contributed by atoms with van der Waals surface area (Å²) in [6.45, 7) is 0. The fourth-order valence-electron chi connectivity index (χ4n) is 0.560. The molecule has 0 saturated carbocycles. The second kappa shape index (κ2) is 2.65. The van der Waals surface area contributed by atoms with E-state index in [2.05, 4.69) is 15.9 Å². The number of hydrogen-bond donors (Lipinski definition) is 0. The Morgan fingerprint density at radius 3 is 2.11 bits per heavy atom. The Balaban J connectivity index is 2.70. The molecule has 3 heteroatoms. The van der Waals surface area contributed by atoms with Gasteiger partial charge >= 0.3 is 0 Å². The molecule has 0 bridgehead atoms. The van der Waals surface area contributed by atoms with Gasteiger partial charge in [0, 0.05) is 0 Å². The normalized spacial score (nSPS) is 41.4. The summed E-state index contributed by atoms with van der Waals surface area (Å²) in [7, 11) is 0. The maximum absolute atomic E-state index is 5.82. The van der Waals surface area contributed by atoms with Crippen molar-refractivity contribution >= 4 is 39.1 Å². The minimum atomic E-state index is -0.502. The van der Waals surface area contributed by atoms with Crippen LogP contribution in [0.3, 0.4) is 0 Å². The number of rotatable bonds is 0. The van der Waals surface area contributed by atoms with Gasteiger partial charge in [-0.1, -0.05) is 51.8 Å². The van der Waals surface area contributed by atoms with Crippen LogP contribution >= 0.6 is 39.1 Å². The van der Waals surface area contributed by atoms with Crippen LogP contribution in [0.15, 0.2) is 24.3 Å². The zero-order valence-electron chi connectivity index (χ0n) is 4.52. The standard InChI is InChI=1S/C6H5BrCl2/c7-6(9)3-1-5(8)2-4-6/h1-5H. The largest absolute Gasteiger partial charge is 0.135 e. The molecular weight excluding hydrogens is 223 g/mol. The monoisotopic (exact) mass is 226 g/mol. The van der Waals surface area contributed by atoms with Crippen molar-refractivity contribution in [2.24, 2.45) is 0 Å². The summed E-state index contributed by atoms with van der Waals surface area (Å²) in [6.07, 6.45) is 7.30. The van der Waals surface area contributed by atoms with Crippen molar-refractivity contribution in [3.05, 3.63) is 24.3 Å². The summed E-state index contributed by atoms with van der Waals surface area (Å²) in [5.41, 5.74) is 0. The molecular formula is C6H5BrCl2. The highest BCUT2D eigenvalue weighted by molar-refractivity contribution is 9.10. The van der Waals surface area contributed by atoms with Gasteiger partial charge in [-0.15, -0.1) is 11.6 Å². The zero-order valence-corrected chi connectivity index (χ0v) is 7.62. The zero-order chi connectivity index (χ0) is 6.91. The third-order valence-electron chi connectivity index (χ3n) is 1.00. The fraction of sp³-hybridized carbons (Fsp3) is 0.333. The lowest BCUT2D eigenvalue weighted by Crippen LogP contribution is -2.08. The Morgan fingerprint density at radius 2 is 1.78 bits per heavy atom. The molecule has 0 saturated heterocycles. The van der Waals surface area contributed by atoms with E-state index in [-0.39, 0.29) is 5.38 Å². The molecule has 0 aromatic heterocycles. The van der Waals surface area contributed by atoms with Gasteiger partial charge in [0.2, 0.25) is 0 Å². The smallest absolute Gasteiger partial charge is 0.114 e. The van der Waals surface area contributed by atoms with E-state index in [0.29, 0.717) is 0 Å². The highest BCUT2D eigenvalue weighted by Crippen LogP contribution is 2.30. The summed E-state index contributed by atoms with van der Waals surface area (Å²) in [5, 5.41) is -0.00516. The molecule has 0 nitrogen and oxygen atoms in total. The predicted molar refractivity (Wildman–Crippen MR) is 45.4 cm³/mol. The van der Waals surface area contributed by atoms with E-state index in [1.165, 1.54) is 0 Å². The van der Waals surface area contributed by atoms with E-state index in [1.807, 2.05) is 24.3 Å². The van der Waals surface area contributed by atoms with E-state index in [4.69, 9.17) is 23.2 Å². The molecule has 0 radical (unpaired) electrons. The minimum Gasteiger partial charge on any atom is -0.114 e. The molecule has 0 aliphatic heterocycles. The minimum absolute atomic E-state index is 0.00516. The molecule has 0 atom stereocenters. The van der Waals surface area contributed by atoms with Gasteiger partial charge in [-0.2, -0.15) is 0 Å². The molecule has 0 aromatic rings.